The van der Waals surface area contributed by atoms with Crippen molar-refractivity contribution in [2.75, 3.05) is 18.1 Å². The van der Waals surface area contributed by atoms with Crippen LogP contribution in [0.25, 0.3) is 5.76 Å². The molecule has 1 saturated heterocycles. The number of unbranched alkanes of at least 4 members (excludes halogenated alkanes) is 2. The number of ketones is 1. The molecule has 1 N–H and O–H groups in total. The third kappa shape index (κ3) is 7.72. The van der Waals surface area contributed by atoms with E-state index in [4.69, 9.17) is 9.47 Å². The lowest BCUT2D eigenvalue weighted by Gasteiger charge is -2.22. The fourth-order valence-corrected chi connectivity index (χ4v) is 6.53. The Hall–Kier alpha value is -4.22. The molecule has 1 fully saturated rings. The molecule has 4 aromatic rings. The second-order valence-electron chi connectivity index (χ2n) is 10.4. The maximum Gasteiger partial charge on any atom is 0.301 e. The van der Waals surface area contributed by atoms with Crippen molar-refractivity contribution in [2.45, 2.75) is 55.7 Å². The zero-order valence-electron chi connectivity index (χ0n) is 25.1. The molecule has 0 aliphatic carbocycles. The summed E-state index contributed by atoms with van der Waals surface area (Å²) in [6, 6.07) is 19.2. The lowest BCUT2D eigenvalue weighted by Crippen LogP contribution is -2.29. The SMILES string of the molecule is CCCCOc1ccc(C(O)=C2C(=O)C(=O)N(c3nnc(SCc4ccc(F)cc4)s3)[C@@H]2c2ccc(OCCCC)cc2)cc1. The number of aliphatic hydroxyl groups is 1. The first kappa shape index (κ1) is 32.2. The standard InChI is InChI=1S/C34H34FN3O5S2/c1-3-5-19-42-26-15-9-23(10-16-26)29-28(30(39)24-11-17-27(18-12-24)43-20-6-4-2)31(40)32(41)38(29)33-36-37-34(45-33)44-21-22-7-13-25(35)14-8-22/h7-18,29,39H,3-6,19-21H2,1-2H3/t29-/m1/s1. The molecule has 1 atom stereocenters. The van der Waals surface area contributed by atoms with Gasteiger partial charge in [0.2, 0.25) is 5.13 Å². The second kappa shape index (κ2) is 15.2. The van der Waals surface area contributed by atoms with Crippen LogP contribution in [0.15, 0.2) is 82.7 Å². The van der Waals surface area contributed by atoms with Crippen molar-refractivity contribution in [1.82, 2.24) is 10.2 Å². The van der Waals surface area contributed by atoms with Crippen molar-refractivity contribution < 1.29 is 28.6 Å². The van der Waals surface area contributed by atoms with E-state index in [1.165, 1.54) is 40.1 Å². The molecular formula is C34H34FN3O5S2. The maximum absolute atomic E-state index is 13.6. The Morgan fingerprint density at radius 1 is 0.889 bits per heavy atom. The first-order valence-electron chi connectivity index (χ1n) is 14.9. The van der Waals surface area contributed by atoms with E-state index in [0.29, 0.717) is 45.9 Å². The molecule has 0 radical (unpaired) electrons. The van der Waals surface area contributed by atoms with Crippen LogP contribution in [0.3, 0.4) is 0 Å². The molecule has 0 unspecified atom stereocenters. The fraction of sp³-hybridized carbons (Fsp3) is 0.294. The smallest absolute Gasteiger partial charge is 0.301 e. The van der Waals surface area contributed by atoms with Crippen LogP contribution in [0.4, 0.5) is 9.52 Å². The molecule has 8 nitrogen and oxygen atoms in total. The Bertz CT molecular complexity index is 1640. The van der Waals surface area contributed by atoms with Crippen molar-refractivity contribution in [2.24, 2.45) is 0 Å². The van der Waals surface area contributed by atoms with Crippen LogP contribution in [-0.4, -0.2) is 40.2 Å². The van der Waals surface area contributed by atoms with Gasteiger partial charge in [-0.2, -0.15) is 0 Å². The van der Waals surface area contributed by atoms with Gasteiger partial charge in [0.25, 0.3) is 5.78 Å². The van der Waals surface area contributed by atoms with Gasteiger partial charge in [0.1, 0.15) is 23.1 Å². The van der Waals surface area contributed by atoms with Crippen LogP contribution in [0.2, 0.25) is 0 Å². The van der Waals surface area contributed by atoms with Gasteiger partial charge in [-0.25, -0.2) is 4.39 Å². The number of ether oxygens (including phenoxy) is 2. The summed E-state index contributed by atoms with van der Waals surface area (Å²) in [6.07, 6.45) is 3.85. The molecule has 5 rings (SSSR count). The highest BCUT2D eigenvalue weighted by molar-refractivity contribution is 8.00. The number of hydrogen-bond acceptors (Lipinski definition) is 9. The topological polar surface area (TPSA) is 102 Å². The van der Waals surface area contributed by atoms with Crippen molar-refractivity contribution in [1.29, 1.82) is 0 Å². The minimum Gasteiger partial charge on any atom is -0.507 e. The Morgan fingerprint density at radius 3 is 2.09 bits per heavy atom. The molecule has 0 bridgehead atoms. The van der Waals surface area contributed by atoms with E-state index >= 15 is 0 Å². The van der Waals surface area contributed by atoms with Gasteiger partial charge in [0, 0.05) is 11.3 Å². The van der Waals surface area contributed by atoms with Gasteiger partial charge in [-0.1, -0.05) is 74.1 Å². The van der Waals surface area contributed by atoms with Crippen molar-refractivity contribution >= 4 is 45.7 Å². The van der Waals surface area contributed by atoms with Gasteiger partial charge >= 0.3 is 5.91 Å². The van der Waals surface area contributed by atoms with E-state index in [9.17, 15) is 19.1 Å². The quantitative estimate of drug-likeness (QED) is 0.0368. The number of thioether (sulfide) groups is 1. The number of anilines is 1. The summed E-state index contributed by atoms with van der Waals surface area (Å²) in [7, 11) is 0. The van der Waals surface area contributed by atoms with Crippen molar-refractivity contribution in [3.05, 3.63) is 101 Å². The number of aromatic nitrogens is 2. The summed E-state index contributed by atoms with van der Waals surface area (Å²) in [5.41, 5.74) is 1.85. The van der Waals surface area contributed by atoms with Crippen LogP contribution in [0.1, 0.15) is 62.3 Å². The van der Waals surface area contributed by atoms with E-state index in [0.717, 1.165) is 31.2 Å². The zero-order valence-corrected chi connectivity index (χ0v) is 26.7. The molecule has 0 spiro atoms. The third-order valence-corrected chi connectivity index (χ3v) is 9.31. The summed E-state index contributed by atoms with van der Waals surface area (Å²) < 4.78 is 25.4. The van der Waals surface area contributed by atoms with Gasteiger partial charge in [0.15, 0.2) is 4.34 Å². The number of benzene rings is 3. The Labute approximate surface area is 269 Å². The Kier molecular flexibility index (Phi) is 10.9. The molecule has 1 aromatic heterocycles. The number of hydrogen-bond donors (Lipinski definition) is 1. The van der Waals surface area contributed by atoms with Crippen LogP contribution in [-0.2, 0) is 15.3 Å². The monoisotopic (exact) mass is 647 g/mol. The summed E-state index contributed by atoms with van der Waals surface area (Å²) >= 11 is 2.56. The van der Waals surface area contributed by atoms with Crippen molar-refractivity contribution in [3.63, 3.8) is 0 Å². The Balaban J connectivity index is 1.47. The van der Waals surface area contributed by atoms with Crippen LogP contribution >= 0.6 is 23.1 Å². The highest BCUT2D eigenvalue weighted by Gasteiger charge is 2.48. The number of halogens is 1. The van der Waals surface area contributed by atoms with E-state index < -0.39 is 17.7 Å². The predicted molar refractivity (Wildman–Crippen MR) is 174 cm³/mol. The highest BCUT2D eigenvalue weighted by Crippen LogP contribution is 2.44. The predicted octanol–water partition coefficient (Wildman–Crippen LogP) is 7.95. The number of nitrogens with zero attached hydrogens (tertiary/aromatic N) is 3. The first-order valence-corrected chi connectivity index (χ1v) is 16.7. The third-order valence-electron chi connectivity index (χ3n) is 7.18. The molecule has 1 amide bonds. The average molecular weight is 648 g/mol. The molecular weight excluding hydrogens is 614 g/mol. The largest absolute Gasteiger partial charge is 0.507 e. The van der Waals surface area contributed by atoms with Gasteiger partial charge in [-0.15, -0.1) is 10.2 Å². The Morgan fingerprint density at radius 2 is 1.49 bits per heavy atom. The molecule has 45 heavy (non-hydrogen) atoms. The lowest BCUT2D eigenvalue weighted by molar-refractivity contribution is -0.132. The summed E-state index contributed by atoms with van der Waals surface area (Å²) in [6.45, 7) is 5.33. The molecule has 3 aromatic carbocycles. The van der Waals surface area contributed by atoms with Gasteiger partial charge in [0.05, 0.1) is 24.8 Å². The van der Waals surface area contributed by atoms with Crippen LogP contribution < -0.4 is 14.4 Å². The van der Waals surface area contributed by atoms with Crippen molar-refractivity contribution in [3.8, 4) is 11.5 Å². The number of carbonyl (C=O) groups is 2. The minimum atomic E-state index is -0.946. The molecule has 1 aliphatic rings. The van der Waals surface area contributed by atoms with E-state index in [2.05, 4.69) is 24.0 Å². The number of Topliss-reactive ketones (excluding diaryl/α,β-unsaturated/α-hetero) is 1. The second-order valence-corrected chi connectivity index (χ2v) is 12.6. The molecule has 234 valence electrons. The van der Waals surface area contributed by atoms with E-state index in [1.807, 2.05) is 0 Å². The zero-order chi connectivity index (χ0) is 31.8. The first-order chi connectivity index (χ1) is 21.9. The number of aliphatic hydroxyl groups excluding tert-OH is 1. The number of rotatable bonds is 14. The molecule has 11 heteroatoms. The van der Waals surface area contributed by atoms with Gasteiger partial charge in [-0.05, 0) is 72.5 Å². The van der Waals surface area contributed by atoms with Crippen LogP contribution in [0.5, 0.6) is 11.5 Å². The van der Waals surface area contributed by atoms with E-state index in [1.54, 1.807) is 60.7 Å². The number of amides is 1. The summed E-state index contributed by atoms with van der Waals surface area (Å²) in [4.78, 5) is 28.5. The van der Waals surface area contributed by atoms with Gasteiger partial charge in [-0.3, -0.25) is 14.5 Å². The molecule has 0 saturated carbocycles. The fourth-order valence-electron chi connectivity index (χ4n) is 4.71. The minimum absolute atomic E-state index is 0.0463. The molecule has 2 heterocycles. The highest BCUT2D eigenvalue weighted by atomic mass is 32.2. The molecule has 1 aliphatic heterocycles. The normalized spacial score (nSPS) is 15.9. The summed E-state index contributed by atoms with van der Waals surface area (Å²) in [5.74, 6) is -0.396. The van der Waals surface area contributed by atoms with E-state index in [-0.39, 0.29) is 22.3 Å². The summed E-state index contributed by atoms with van der Waals surface area (Å²) in [5, 5.41) is 20.2. The lowest BCUT2D eigenvalue weighted by atomic mass is 9.95. The van der Waals surface area contributed by atoms with Crippen LogP contribution in [0, 0.1) is 5.82 Å². The maximum atomic E-state index is 13.6. The average Bonchev–Trinajstić information content (AvgIpc) is 3.63. The number of carbonyl (C=O) groups excluding carboxylic acids is 2. The van der Waals surface area contributed by atoms with Gasteiger partial charge < -0.3 is 14.6 Å².